The van der Waals surface area contributed by atoms with Crippen molar-refractivity contribution in [3.8, 4) is 0 Å². The average Bonchev–Trinajstić information content (AvgIpc) is 3.00. The largest absolute Gasteiger partial charge is 0.376 e. The number of hydrogen-bond donors (Lipinski definition) is 2. The molecule has 4 heteroatoms. The molecule has 0 spiro atoms. The SMILES string of the molecule is O=C(NCC1CCCCO1)NC1CC1. The second-order valence-corrected chi connectivity index (χ2v) is 4.12. The van der Waals surface area contributed by atoms with Gasteiger partial charge in [-0.25, -0.2) is 4.79 Å². The van der Waals surface area contributed by atoms with Crippen molar-refractivity contribution in [3.63, 3.8) is 0 Å². The Morgan fingerprint density at radius 3 is 2.79 bits per heavy atom. The third kappa shape index (κ3) is 3.18. The number of hydrogen-bond acceptors (Lipinski definition) is 2. The summed E-state index contributed by atoms with van der Waals surface area (Å²) in [6.07, 6.45) is 5.94. The number of nitrogens with one attached hydrogen (secondary N) is 2. The van der Waals surface area contributed by atoms with E-state index in [2.05, 4.69) is 10.6 Å². The van der Waals surface area contributed by atoms with Crippen LogP contribution in [-0.4, -0.2) is 31.3 Å². The number of rotatable bonds is 3. The standard InChI is InChI=1S/C10H18N2O2/c13-10(12-8-4-5-8)11-7-9-3-1-2-6-14-9/h8-9H,1-7H2,(H2,11,12,13). The molecule has 0 radical (unpaired) electrons. The summed E-state index contributed by atoms with van der Waals surface area (Å²) in [5.41, 5.74) is 0. The van der Waals surface area contributed by atoms with Gasteiger partial charge in [-0.1, -0.05) is 0 Å². The Morgan fingerprint density at radius 1 is 1.29 bits per heavy atom. The summed E-state index contributed by atoms with van der Waals surface area (Å²) in [4.78, 5) is 11.3. The molecule has 1 saturated heterocycles. The highest BCUT2D eigenvalue weighted by Gasteiger charge is 2.23. The summed E-state index contributed by atoms with van der Waals surface area (Å²) in [6.45, 7) is 1.50. The Kier molecular flexibility index (Phi) is 3.24. The first-order chi connectivity index (χ1) is 6.84. The van der Waals surface area contributed by atoms with Crippen LogP contribution in [0.25, 0.3) is 0 Å². The summed E-state index contributed by atoms with van der Waals surface area (Å²) in [5.74, 6) is 0. The molecule has 1 aliphatic heterocycles. The maximum absolute atomic E-state index is 11.3. The van der Waals surface area contributed by atoms with Gasteiger partial charge in [-0.2, -0.15) is 0 Å². The predicted octanol–water partition coefficient (Wildman–Crippen LogP) is 1.02. The zero-order valence-electron chi connectivity index (χ0n) is 8.42. The van der Waals surface area contributed by atoms with Crippen LogP contribution in [0.2, 0.25) is 0 Å². The first kappa shape index (κ1) is 9.77. The topological polar surface area (TPSA) is 50.4 Å². The minimum Gasteiger partial charge on any atom is -0.376 e. The van der Waals surface area contributed by atoms with E-state index < -0.39 is 0 Å². The molecule has 2 fully saturated rings. The number of amides is 2. The zero-order chi connectivity index (χ0) is 9.80. The van der Waals surface area contributed by atoms with Crippen LogP contribution in [-0.2, 0) is 4.74 Å². The van der Waals surface area contributed by atoms with Crippen molar-refractivity contribution in [1.29, 1.82) is 0 Å². The maximum atomic E-state index is 11.3. The lowest BCUT2D eigenvalue weighted by Crippen LogP contribution is -2.42. The number of carbonyl (C=O) groups excluding carboxylic acids is 1. The lowest BCUT2D eigenvalue weighted by molar-refractivity contribution is 0.0184. The molecule has 1 heterocycles. The minimum absolute atomic E-state index is 0.0401. The van der Waals surface area contributed by atoms with E-state index in [1.807, 2.05) is 0 Å². The van der Waals surface area contributed by atoms with Gasteiger partial charge < -0.3 is 15.4 Å². The Hall–Kier alpha value is -0.770. The Labute approximate surface area is 84.4 Å². The first-order valence-corrected chi connectivity index (χ1v) is 5.50. The average molecular weight is 198 g/mol. The van der Waals surface area contributed by atoms with Crippen molar-refractivity contribution in [2.45, 2.75) is 44.2 Å². The van der Waals surface area contributed by atoms with Gasteiger partial charge in [-0.15, -0.1) is 0 Å². The van der Waals surface area contributed by atoms with E-state index in [1.54, 1.807) is 0 Å². The van der Waals surface area contributed by atoms with Gasteiger partial charge in [0.15, 0.2) is 0 Å². The molecule has 2 rings (SSSR count). The summed E-state index contributed by atoms with van der Waals surface area (Å²) in [6, 6.07) is 0.393. The van der Waals surface area contributed by atoms with E-state index in [1.165, 1.54) is 6.42 Å². The Morgan fingerprint density at radius 2 is 2.14 bits per heavy atom. The third-order valence-corrected chi connectivity index (χ3v) is 2.68. The first-order valence-electron chi connectivity index (χ1n) is 5.50. The van der Waals surface area contributed by atoms with Crippen molar-refractivity contribution < 1.29 is 9.53 Å². The normalized spacial score (nSPS) is 27.0. The molecule has 0 bridgehead atoms. The van der Waals surface area contributed by atoms with Crippen LogP contribution in [0.1, 0.15) is 32.1 Å². The highest BCUT2D eigenvalue weighted by atomic mass is 16.5. The molecule has 1 aliphatic carbocycles. The maximum Gasteiger partial charge on any atom is 0.315 e. The number of carbonyl (C=O) groups is 1. The van der Waals surface area contributed by atoms with E-state index in [4.69, 9.17) is 4.74 Å². The van der Waals surface area contributed by atoms with Gasteiger partial charge in [-0.3, -0.25) is 0 Å². The lowest BCUT2D eigenvalue weighted by Gasteiger charge is -2.22. The molecule has 1 saturated carbocycles. The van der Waals surface area contributed by atoms with E-state index in [9.17, 15) is 4.79 Å². The van der Waals surface area contributed by atoms with Gasteiger partial charge in [0.1, 0.15) is 0 Å². The third-order valence-electron chi connectivity index (χ3n) is 2.68. The lowest BCUT2D eigenvalue weighted by atomic mass is 10.1. The molecule has 1 atom stereocenters. The van der Waals surface area contributed by atoms with Gasteiger partial charge >= 0.3 is 6.03 Å². The van der Waals surface area contributed by atoms with Crippen LogP contribution >= 0.6 is 0 Å². The molecule has 0 aromatic rings. The molecule has 4 nitrogen and oxygen atoms in total. The second kappa shape index (κ2) is 4.64. The van der Waals surface area contributed by atoms with Crippen LogP contribution in [0.15, 0.2) is 0 Å². The van der Waals surface area contributed by atoms with E-state index in [0.717, 1.165) is 32.3 Å². The Balaban J connectivity index is 1.57. The fraction of sp³-hybridized carbons (Fsp3) is 0.900. The monoisotopic (exact) mass is 198 g/mol. The van der Waals surface area contributed by atoms with E-state index in [-0.39, 0.29) is 12.1 Å². The van der Waals surface area contributed by atoms with Crippen LogP contribution in [0, 0.1) is 0 Å². The fourth-order valence-corrected chi connectivity index (χ4v) is 1.64. The van der Waals surface area contributed by atoms with Gasteiger partial charge in [0, 0.05) is 19.2 Å². The van der Waals surface area contributed by atoms with Gasteiger partial charge in [-0.05, 0) is 32.1 Å². The summed E-state index contributed by atoms with van der Waals surface area (Å²) >= 11 is 0. The molecule has 14 heavy (non-hydrogen) atoms. The summed E-state index contributed by atoms with van der Waals surface area (Å²) in [7, 11) is 0. The Bertz CT molecular complexity index is 198. The molecule has 2 aliphatic rings. The zero-order valence-corrected chi connectivity index (χ0v) is 8.42. The van der Waals surface area contributed by atoms with Crippen molar-refractivity contribution >= 4 is 6.03 Å². The van der Waals surface area contributed by atoms with Crippen molar-refractivity contribution in [2.75, 3.05) is 13.2 Å². The molecule has 0 aromatic heterocycles. The number of ether oxygens (including phenoxy) is 1. The highest BCUT2D eigenvalue weighted by Crippen LogP contribution is 2.18. The van der Waals surface area contributed by atoms with Gasteiger partial charge in [0.05, 0.1) is 6.10 Å². The van der Waals surface area contributed by atoms with Gasteiger partial charge in [0.25, 0.3) is 0 Å². The van der Waals surface area contributed by atoms with Crippen molar-refractivity contribution in [3.05, 3.63) is 0 Å². The molecular weight excluding hydrogens is 180 g/mol. The van der Waals surface area contributed by atoms with Crippen LogP contribution in [0.5, 0.6) is 0 Å². The van der Waals surface area contributed by atoms with Crippen LogP contribution in [0.4, 0.5) is 4.79 Å². The second-order valence-electron chi connectivity index (χ2n) is 4.12. The predicted molar refractivity (Wildman–Crippen MR) is 53.1 cm³/mol. The highest BCUT2D eigenvalue weighted by molar-refractivity contribution is 5.74. The van der Waals surface area contributed by atoms with E-state index >= 15 is 0 Å². The van der Waals surface area contributed by atoms with Crippen molar-refractivity contribution in [1.82, 2.24) is 10.6 Å². The molecular formula is C10H18N2O2. The van der Waals surface area contributed by atoms with E-state index in [0.29, 0.717) is 12.6 Å². The smallest absolute Gasteiger partial charge is 0.315 e. The number of urea groups is 1. The quantitative estimate of drug-likeness (QED) is 0.711. The molecule has 0 aromatic carbocycles. The molecule has 80 valence electrons. The minimum atomic E-state index is -0.0401. The summed E-state index contributed by atoms with van der Waals surface area (Å²) in [5, 5.41) is 5.74. The summed E-state index contributed by atoms with van der Waals surface area (Å²) < 4.78 is 5.51. The molecule has 2 N–H and O–H groups in total. The molecule has 1 unspecified atom stereocenters. The van der Waals surface area contributed by atoms with Crippen LogP contribution in [0.3, 0.4) is 0 Å². The fourth-order valence-electron chi connectivity index (χ4n) is 1.64. The van der Waals surface area contributed by atoms with Gasteiger partial charge in [0.2, 0.25) is 0 Å². The molecule has 2 amide bonds. The van der Waals surface area contributed by atoms with Crippen molar-refractivity contribution in [2.24, 2.45) is 0 Å². The van der Waals surface area contributed by atoms with Crippen LogP contribution < -0.4 is 10.6 Å².